The summed E-state index contributed by atoms with van der Waals surface area (Å²) in [6.45, 7) is 0. The van der Waals surface area contributed by atoms with Crippen molar-refractivity contribution in [3.8, 4) is 0 Å². The van der Waals surface area contributed by atoms with Crippen molar-refractivity contribution in [1.29, 1.82) is 0 Å². The Bertz CT molecular complexity index is 1190. The topological polar surface area (TPSA) is 23.0 Å². The van der Waals surface area contributed by atoms with E-state index in [9.17, 15) is 0 Å². The number of hydrogen-bond acceptors (Lipinski definition) is 1. The van der Waals surface area contributed by atoms with E-state index in [1.807, 2.05) is 6.07 Å². The van der Waals surface area contributed by atoms with Crippen LogP contribution in [0.5, 0.6) is 0 Å². The van der Waals surface area contributed by atoms with Crippen LogP contribution < -0.4 is 0 Å². The van der Waals surface area contributed by atoms with Crippen molar-refractivity contribution in [3.05, 3.63) is 94.6 Å². The number of halogens is 1. The van der Waals surface area contributed by atoms with Crippen LogP contribution in [0.2, 0.25) is 0 Å². The van der Waals surface area contributed by atoms with Gasteiger partial charge < -0.3 is 13.6 Å². The first-order chi connectivity index (χ1) is 13.1. The van der Waals surface area contributed by atoms with Gasteiger partial charge in [0.2, 0.25) is 0 Å². The zero-order valence-electron chi connectivity index (χ0n) is 15.2. The molecule has 3 heterocycles. The number of nitrogens with zero attached hydrogens (tertiary/aromatic N) is 2. The van der Waals surface area contributed by atoms with Crippen molar-refractivity contribution in [2.45, 2.75) is 5.92 Å². The smallest absolute Gasteiger partial charge is 0.169 e. The fourth-order valence-corrected chi connectivity index (χ4v) is 4.48. The molecule has 0 atom stereocenters. The van der Waals surface area contributed by atoms with Crippen molar-refractivity contribution < 1.29 is 4.42 Å². The highest BCUT2D eigenvalue weighted by molar-refractivity contribution is 9.10. The normalized spacial score (nSPS) is 11.9. The molecule has 0 aliphatic carbocycles. The predicted octanol–water partition coefficient (Wildman–Crippen LogP) is 6.21. The Morgan fingerprint density at radius 2 is 1.26 bits per heavy atom. The lowest BCUT2D eigenvalue weighted by Crippen LogP contribution is -2.01. The minimum absolute atomic E-state index is 0.0218. The summed E-state index contributed by atoms with van der Waals surface area (Å²) >= 11 is 3.48. The lowest BCUT2D eigenvalue weighted by molar-refractivity contribution is 0.483. The molecular weight excluding hydrogens is 400 g/mol. The summed E-state index contributed by atoms with van der Waals surface area (Å²) in [4.78, 5) is 0. The number of hydrogen-bond donors (Lipinski definition) is 0. The number of aryl methyl sites for hydroxylation is 2. The molecule has 0 amide bonds. The van der Waals surface area contributed by atoms with Crippen LogP contribution in [0, 0.1) is 0 Å². The van der Waals surface area contributed by atoms with Crippen LogP contribution >= 0.6 is 15.9 Å². The molecule has 3 aromatic heterocycles. The molecule has 5 rings (SSSR count). The monoisotopic (exact) mass is 418 g/mol. The van der Waals surface area contributed by atoms with E-state index in [0.29, 0.717) is 0 Å². The molecule has 0 unspecified atom stereocenters. The maximum absolute atomic E-state index is 6.07. The van der Waals surface area contributed by atoms with E-state index in [0.717, 1.165) is 10.4 Å². The van der Waals surface area contributed by atoms with Gasteiger partial charge in [0.25, 0.3) is 0 Å². The van der Waals surface area contributed by atoms with Crippen LogP contribution in [-0.2, 0) is 14.1 Å². The molecule has 0 aliphatic rings. The zero-order chi connectivity index (χ0) is 18.5. The van der Waals surface area contributed by atoms with E-state index in [4.69, 9.17) is 4.42 Å². The van der Waals surface area contributed by atoms with Crippen LogP contribution in [0.3, 0.4) is 0 Å². The lowest BCUT2D eigenvalue weighted by atomic mass is 9.88. The van der Waals surface area contributed by atoms with E-state index in [1.54, 1.807) is 0 Å². The van der Waals surface area contributed by atoms with E-state index in [1.165, 1.54) is 32.9 Å². The third-order valence-corrected chi connectivity index (χ3v) is 5.78. The average molecular weight is 419 g/mol. The van der Waals surface area contributed by atoms with Gasteiger partial charge in [-0.3, -0.25) is 0 Å². The van der Waals surface area contributed by atoms with Gasteiger partial charge in [-0.05, 0) is 51.3 Å². The van der Waals surface area contributed by atoms with Gasteiger partial charge in [0.15, 0.2) is 4.67 Å². The van der Waals surface area contributed by atoms with E-state index in [-0.39, 0.29) is 5.92 Å². The molecule has 134 valence electrons. The summed E-state index contributed by atoms with van der Waals surface area (Å²) in [6, 6.07) is 21.1. The second-order valence-electron chi connectivity index (χ2n) is 7.00. The van der Waals surface area contributed by atoms with Gasteiger partial charge in [-0.1, -0.05) is 36.4 Å². The van der Waals surface area contributed by atoms with E-state index in [2.05, 4.69) is 106 Å². The Kier molecular flexibility index (Phi) is 3.76. The van der Waals surface area contributed by atoms with Crippen molar-refractivity contribution in [3.63, 3.8) is 0 Å². The van der Waals surface area contributed by atoms with E-state index >= 15 is 0 Å². The Hall–Kier alpha value is -2.72. The SMILES string of the molecule is Cn1cc(C(c2ccc(Br)o2)c2cn(C)c3ccccc23)c2ccccc21. The van der Waals surface area contributed by atoms with Crippen LogP contribution in [0.4, 0.5) is 0 Å². The standard InChI is InChI=1S/C23H19BrN2O/c1-25-13-17(15-7-3-5-9-19(15)25)23(21-11-12-22(24)27-21)18-14-26(2)20-10-6-4-8-16(18)20/h3-14,23H,1-2H3. The van der Waals surface area contributed by atoms with Gasteiger partial charge in [0.05, 0.1) is 5.92 Å². The Balaban J connectivity index is 1.84. The molecule has 5 aromatic rings. The average Bonchev–Trinajstić information content (AvgIpc) is 3.35. The van der Waals surface area contributed by atoms with Crippen molar-refractivity contribution >= 4 is 37.7 Å². The summed E-state index contributed by atoms with van der Waals surface area (Å²) in [5, 5.41) is 2.51. The molecule has 0 aliphatic heterocycles. The molecular formula is C23H19BrN2O. The summed E-state index contributed by atoms with van der Waals surface area (Å²) in [5.74, 6) is 0.961. The quantitative estimate of drug-likeness (QED) is 0.341. The number of rotatable bonds is 3. The van der Waals surface area contributed by atoms with Crippen LogP contribution in [0.25, 0.3) is 21.8 Å². The maximum Gasteiger partial charge on any atom is 0.169 e. The Morgan fingerprint density at radius 3 is 1.74 bits per heavy atom. The second-order valence-corrected chi connectivity index (χ2v) is 7.78. The highest BCUT2D eigenvalue weighted by Crippen LogP contribution is 2.41. The number of para-hydroxylation sites is 2. The Morgan fingerprint density at radius 1 is 0.741 bits per heavy atom. The fraction of sp³-hybridized carbons (Fsp3) is 0.130. The van der Waals surface area contributed by atoms with Crippen molar-refractivity contribution in [2.24, 2.45) is 14.1 Å². The number of benzene rings is 2. The second kappa shape index (κ2) is 6.17. The molecule has 0 spiro atoms. The fourth-order valence-electron chi connectivity index (χ4n) is 4.16. The van der Waals surface area contributed by atoms with E-state index < -0.39 is 0 Å². The predicted molar refractivity (Wildman–Crippen MR) is 113 cm³/mol. The summed E-state index contributed by atoms with van der Waals surface area (Å²) in [5.41, 5.74) is 4.96. The third-order valence-electron chi connectivity index (χ3n) is 5.36. The molecule has 27 heavy (non-hydrogen) atoms. The van der Waals surface area contributed by atoms with Gasteiger partial charge in [-0.2, -0.15) is 0 Å². The lowest BCUT2D eigenvalue weighted by Gasteiger charge is -2.14. The molecule has 0 fully saturated rings. The minimum Gasteiger partial charge on any atom is -0.453 e. The number of fused-ring (bicyclic) bond motifs is 2. The molecule has 0 bridgehead atoms. The first kappa shape index (κ1) is 16.5. The minimum atomic E-state index is 0.0218. The molecule has 4 heteroatoms. The molecule has 3 nitrogen and oxygen atoms in total. The molecule has 2 aromatic carbocycles. The van der Waals surface area contributed by atoms with Crippen molar-refractivity contribution in [1.82, 2.24) is 9.13 Å². The van der Waals surface area contributed by atoms with Gasteiger partial charge in [0, 0.05) is 48.3 Å². The molecule has 0 saturated carbocycles. The van der Waals surface area contributed by atoms with Crippen molar-refractivity contribution in [2.75, 3.05) is 0 Å². The zero-order valence-corrected chi connectivity index (χ0v) is 16.8. The van der Waals surface area contributed by atoms with Crippen LogP contribution in [0.15, 0.2) is 82.1 Å². The van der Waals surface area contributed by atoms with Gasteiger partial charge in [0.1, 0.15) is 5.76 Å². The summed E-state index contributed by atoms with van der Waals surface area (Å²) in [6.07, 6.45) is 4.46. The first-order valence-corrected chi connectivity index (χ1v) is 9.76. The van der Waals surface area contributed by atoms with Crippen LogP contribution in [-0.4, -0.2) is 9.13 Å². The number of furan rings is 1. The highest BCUT2D eigenvalue weighted by Gasteiger charge is 2.27. The van der Waals surface area contributed by atoms with Crippen LogP contribution in [0.1, 0.15) is 22.8 Å². The van der Waals surface area contributed by atoms with Gasteiger partial charge in [-0.15, -0.1) is 0 Å². The molecule has 0 saturated heterocycles. The largest absolute Gasteiger partial charge is 0.453 e. The van der Waals surface area contributed by atoms with Gasteiger partial charge >= 0.3 is 0 Å². The Labute approximate surface area is 166 Å². The summed E-state index contributed by atoms with van der Waals surface area (Å²) in [7, 11) is 4.20. The third kappa shape index (κ3) is 2.55. The first-order valence-electron chi connectivity index (χ1n) is 8.96. The molecule has 0 radical (unpaired) electrons. The maximum atomic E-state index is 6.07. The summed E-state index contributed by atoms with van der Waals surface area (Å²) < 4.78 is 11.2. The number of aromatic nitrogens is 2. The highest BCUT2D eigenvalue weighted by atomic mass is 79.9. The van der Waals surface area contributed by atoms with Gasteiger partial charge in [-0.25, -0.2) is 0 Å². The molecule has 0 N–H and O–H groups in total.